The molecule has 0 radical (unpaired) electrons. The molecule has 3 rings (SSSR count). The standard InChI is InChI=1S/C28H44F2O2/c1-18(13-15-28(29,30)26(3,4)5)22-11-12-23-21(8-7-14-27(22,23)6)10-9-20-16-24(31)19(2)25(32)17-20/h9-10,18,22-25,31-32H,2,7-8,11-17H2,1,3-6H3/b21-10+/t18-,22?,23?,24+,25+,27+/m0/s1. The van der Waals surface area contributed by atoms with E-state index in [1.807, 2.05) is 0 Å². The molecule has 0 aromatic heterocycles. The largest absolute Gasteiger partial charge is 0.388 e. The molecule has 0 heterocycles. The smallest absolute Gasteiger partial charge is 0.252 e. The Morgan fingerprint density at radius 2 is 1.75 bits per heavy atom. The maximum absolute atomic E-state index is 14.6. The zero-order chi connectivity index (χ0) is 23.9. The molecular weight excluding hydrogens is 406 g/mol. The van der Waals surface area contributed by atoms with Crippen LogP contribution in [0.1, 0.15) is 92.4 Å². The van der Waals surface area contributed by atoms with Gasteiger partial charge in [0.2, 0.25) is 0 Å². The molecular formula is C28H44F2O2. The molecule has 32 heavy (non-hydrogen) atoms. The van der Waals surface area contributed by atoms with Crippen molar-refractivity contribution in [3.05, 3.63) is 35.5 Å². The molecule has 4 heteroatoms. The molecule has 6 atom stereocenters. The van der Waals surface area contributed by atoms with Gasteiger partial charge in [0, 0.05) is 11.8 Å². The van der Waals surface area contributed by atoms with E-state index in [1.165, 1.54) is 12.0 Å². The summed E-state index contributed by atoms with van der Waals surface area (Å²) in [7, 11) is 0. The second-order valence-corrected chi connectivity index (χ2v) is 12.1. The highest BCUT2D eigenvalue weighted by atomic mass is 19.3. The Labute approximate surface area is 193 Å². The van der Waals surface area contributed by atoms with Crippen LogP contribution in [0, 0.1) is 28.6 Å². The van der Waals surface area contributed by atoms with Crippen LogP contribution >= 0.6 is 0 Å². The van der Waals surface area contributed by atoms with Crippen molar-refractivity contribution < 1.29 is 19.0 Å². The van der Waals surface area contributed by atoms with E-state index in [0.29, 0.717) is 42.6 Å². The zero-order valence-electron chi connectivity index (χ0n) is 20.8. The number of aliphatic hydroxyl groups is 2. The van der Waals surface area contributed by atoms with Crippen LogP contribution in [0.5, 0.6) is 0 Å². The molecule has 2 N–H and O–H groups in total. The van der Waals surface area contributed by atoms with Crippen molar-refractivity contribution in [1.29, 1.82) is 0 Å². The van der Waals surface area contributed by atoms with E-state index < -0.39 is 23.5 Å². The number of aliphatic hydroxyl groups excluding tert-OH is 2. The number of fused-ring (bicyclic) bond motifs is 1. The molecule has 0 aliphatic heterocycles. The second-order valence-electron chi connectivity index (χ2n) is 12.1. The highest BCUT2D eigenvalue weighted by Gasteiger charge is 2.51. The van der Waals surface area contributed by atoms with E-state index in [1.54, 1.807) is 20.8 Å². The first-order chi connectivity index (χ1) is 14.8. The normalized spacial score (nSPS) is 36.3. The van der Waals surface area contributed by atoms with Crippen LogP contribution in [0.4, 0.5) is 8.78 Å². The van der Waals surface area contributed by atoms with Crippen molar-refractivity contribution in [3.63, 3.8) is 0 Å². The van der Waals surface area contributed by atoms with Crippen molar-refractivity contribution in [2.45, 2.75) is 111 Å². The minimum atomic E-state index is -2.63. The molecule has 0 bridgehead atoms. The van der Waals surface area contributed by atoms with Crippen LogP contribution in [-0.4, -0.2) is 28.3 Å². The first kappa shape index (κ1) is 25.6. The lowest BCUT2D eigenvalue weighted by atomic mass is 9.60. The Bertz CT molecular complexity index is 744. The van der Waals surface area contributed by atoms with Crippen molar-refractivity contribution in [3.8, 4) is 0 Å². The number of hydrogen-bond acceptors (Lipinski definition) is 2. The highest BCUT2D eigenvalue weighted by molar-refractivity contribution is 5.29. The van der Waals surface area contributed by atoms with Gasteiger partial charge in [-0.3, -0.25) is 0 Å². The summed E-state index contributed by atoms with van der Waals surface area (Å²) in [5, 5.41) is 20.3. The molecule has 2 unspecified atom stereocenters. The Morgan fingerprint density at radius 3 is 2.34 bits per heavy atom. The summed E-state index contributed by atoms with van der Waals surface area (Å²) in [6.45, 7) is 13.3. The van der Waals surface area contributed by atoms with Crippen LogP contribution in [0.25, 0.3) is 0 Å². The lowest BCUT2D eigenvalue weighted by molar-refractivity contribution is -0.108. The molecule has 182 valence electrons. The minimum absolute atomic E-state index is 0.0281. The molecule has 0 saturated heterocycles. The highest BCUT2D eigenvalue weighted by Crippen LogP contribution is 2.60. The average Bonchev–Trinajstić information content (AvgIpc) is 3.05. The van der Waals surface area contributed by atoms with Crippen LogP contribution in [0.15, 0.2) is 35.5 Å². The van der Waals surface area contributed by atoms with Crippen molar-refractivity contribution in [2.75, 3.05) is 0 Å². The summed E-state index contributed by atoms with van der Waals surface area (Å²) >= 11 is 0. The molecule has 0 aromatic carbocycles. The van der Waals surface area contributed by atoms with Gasteiger partial charge in [-0.05, 0) is 80.1 Å². The average molecular weight is 451 g/mol. The lowest BCUT2D eigenvalue weighted by Crippen LogP contribution is -2.38. The maximum atomic E-state index is 14.6. The maximum Gasteiger partial charge on any atom is 0.252 e. The van der Waals surface area contributed by atoms with Crippen LogP contribution in [0.3, 0.4) is 0 Å². The van der Waals surface area contributed by atoms with E-state index in [4.69, 9.17) is 0 Å². The van der Waals surface area contributed by atoms with Gasteiger partial charge in [0.1, 0.15) is 0 Å². The van der Waals surface area contributed by atoms with Gasteiger partial charge in [-0.25, -0.2) is 8.78 Å². The monoisotopic (exact) mass is 450 g/mol. The van der Waals surface area contributed by atoms with E-state index in [2.05, 4.69) is 32.6 Å². The third-order valence-corrected chi connectivity index (χ3v) is 9.04. The predicted octanol–water partition coefficient (Wildman–Crippen LogP) is 7.23. The number of rotatable bonds is 5. The third kappa shape index (κ3) is 5.06. The molecule has 0 spiro atoms. The summed E-state index contributed by atoms with van der Waals surface area (Å²) in [6.07, 6.45) is 10.3. The first-order valence-electron chi connectivity index (χ1n) is 12.6. The van der Waals surface area contributed by atoms with Gasteiger partial charge in [0.05, 0.1) is 12.2 Å². The summed E-state index contributed by atoms with van der Waals surface area (Å²) < 4.78 is 29.1. The summed E-state index contributed by atoms with van der Waals surface area (Å²) in [5.74, 6) is -1.34. The Kier molecular flexibility index (Phi) is 7.47. The zero-order valence-corrected chi connectivity index (χ0v) is 20.8. The predicted molar refractivity (Wildman–Crippen MR) is 128 cm³/mol. The van der Waals surface area contributed by atoms with Crippen LogP contribution in [0.2, 0.25) is 0 Å². The molecule has 0 amide bonds. The van der Waals surface area contributed by atoms with Gasteiger partial charge in [-0.1, -0.05) is 64.5 Å². The SMILES string of the molecule is C=C1[C@H](O)CC(=C/C=C2\CCC[C@@]3(C)C2CCC3[C@@H](C)CCC(F)(F)C(C)(C)C)C[C@H]1O. The number of alkyl halides is 2. The third-order valence-electron chi connectivity index (χ3n) is 9.04. The minimum Gasteiger partial charge on any atom is -0.388 e. The van der Waals surface area contributed by atoms with Gasteiger partial charge in [0.15, 0.2) is 0 Å². The summed E-state index contributed by atoms with van der Waals surface area (Å²) in [4.78, 5) is 0. The second kappa shape index (κ2) is 9.33. The van der Waals surface area contributed by atoms with Crippen molar-refractivity contribution in [1.82, 2.24) is 0 Å². The van der Waals surface area contributed by atoms with E-state index in [9.17, 15) is 19.0 Å². The van der Waals surface area contributed by atoms with Crippen LogP contribution in [-0.2, 0) is 0 Å². The molecule has 3 fully saturated rings. The van der Waals surface area contributed by atoms with E-state index in [-0.39, 0.29) is 11.8 Å². The molecule has 3 saturated carbocycles. The Balaban J connectivity index is 1.70. The fourth-order valence-corrected chi connectivity index (χ4v) is 6.62. The Hall–Kier alpha value is -1.00. The quantitative estimate of drug-likeness (QED) is 0.434. The first-order valence-corrected chi connectivity index (χ1v) is 12.6. The van der Waals surface area contributed by atoms with Crippen molar-refractivity contribution >= 4 is 0 Å². The van der Waals surface area contributed by atoms with Gasteiger partial charge >= 0.3 is 0 Å². The number of allylic oxidation sites excluding steroid dienone is 3. The molecule has 0 aromatic rings. The van der Waals surface area contributed by atoms with Gasteiger partial charge in [-0.15, -0.1) is 0 Å². The lowest BCUT2D eigenvalue weighted by Gasteiger charge is -2.44. The van der Waals surface area contributed by atoms with Gasteiger partial charge in [-0.2, -0.15) is 0 Å². The van der Waals surface area contributed by atoms with Crippen LogP contribution < -0.4 is 0 Å². The van der Waals surface area contributed by atoms with Gasteiger partial charge in [0.25, 0.3) is 5.92 Å². The van der Waals surface area contributed by atoms with Gasteiger partial charge < -0.3 is 10.2 Å². The topological polar surface area (TPSA) is 40.5 Å². The number of halogens is 2. The summed E-state index contributed by atoms with van der Waals surface area (Å²) in [5.41, 5.74) is 2.25. The molecule has 2 nitrogen and oxygen atoms in total. The molecule has 3 aliphatic rings. The fourth-order valence-electron chi connectivity index (χ4n) is 6.62. The Morgan fingerprint density at radius 1 is 1.12 bits per heavy atom. The fraction of sp³-hybridized carbons (Fsp3) is 0.786. The summed E-state index contributed by atoms with van der Waals surface area (Å²) in [6, 6.07) is 0. The molecule has 3 aliphatic carbocycles. The number of hydrogen-bond donors (Lipinski definition) is 2. The van der Waals surface area contributed by atoms with E-state index >= 15 is 0 Å². The van der Waals surface area contributed by atoms with E-state index in [0.717, 1.165) is 31.3 Å². The van der Waals surface area contributed by atoms with Crippen molar-refractivity contribution in [2.24, 2.45) is 28.6 Å².